The van der Waals surface area contributed by atoms with Crippen LogP contribution in [0.2, 0.25) is 0 Å². The normalized spacial score (nSPS) is 11.2. The van der Waals surface area contributed by atoms with Crippen LogP contribution in [0.25, 0.3) is 6.08 Å². The molecule has 9 heteroatoms. The van der Waals surface area contributed by atoms with Crippen molar-refractivity contribution in [1.82, 2.24) is 0 Å². The van der Waals surface area contributed by atoms with Crippen molar-refractivity contribution >= 4 is 23.4 Å². The maximum Gasteiger partial charge on any atom is 0.426 e. The summed E-state index contributed by atoms with van der Waals surface area (Å²) in [6.07, 6.45) is 1.05. The van der Waals surface area contributed by atoms with E-state index >= 15 is 0 Å². The minimum absolute atomic E-state index is 0.00964. The zero-order valence-corrected chi connectivity index (χ0v) is 20.0. The van der Waals surface area contributed by atoms with Crippen LogP contribution < -0.4 is 20.9 Å². The Kier molecular flexibility index (Phi) is 9.44. The Hall–Kier alpha value is -4.58. The minimum atomic E-state index is -3.56. The summed E-state index contributed by atoms with van der Waals surface area (Å²) in [7, 11) is 0. The van der Waals surface area contributed by atoms with Crippen LogP contribution in [0.4, 0.5) is 20.2 Å². The number of carbonyl (C=O) groups is 1. The lowest BCUT2D eigenvalue weighted by atomic mass is 10.2. The van der Waals surface area contributed by atoms with Crippen LogP contribution >= 0.6 is 0 Å². The van der Waals surface area contributed by atoms with E-state index in [1.165, 1.54) is 60.7 Å². The maximum atomic E-state index is 14.6. The van der Waals surface area contributed by atoms with Gasteiger partial charge >= 0.3 is 12.1 Å². The molecule has 0 aliphatic rings. The van der Waals surface area contributed by atoms with E-state index in [4.69, 9.17) is 30.9 Å². The summed E-state index contributed by atoms with van der Waals surface area (Å²) >= 11 is 0. The van der Waals surface area contributed by atoms with E-state index in [0.717, 1.165) is 6.42 Å². The molecule has 3 aromatic carbocycles. The second kappa shape index (κ2) is 12.9. The molecule has 0 bridgehead atoms. The highest BCUT2D eigenvalue weighted by molar-refractivity contribution is 5.87. The molecule has 0 amide bonds. The molecule has 3 aromatic rings. The van der Waals surface area contributed by atoms with Crippen LogP contribution in [0.1, 0.15) is 36.0 Å². The van der Waals surface area contributed by atoms with Crippen molar-refractivity contribution in [3.05, 3.63) is 89.5 Å². The largest absolute Gasteiger partial charge is 0.494 e. The molecule has 0 radical (unpaired) electrons. The number of esters is 1. The van der Waals surface area contributed by atoms with Crippen molar-refractivity contribution in [2.45, 2.75) is 32.0 Å². The Labute approximate surface area is 213 Å². The topological polar surface area (TPSA) is 121 Å². The number of halogens is 2. The summed E-state index contributed by atoms with van der Waals surface area (Å²) in [5, 5.41) is 8.52. The summed E-state index contributed by atoms with van der Waals surface area (Å²) in [5.41, 5.74) is 13.3. The lowest BCUT2D eigenvalue weighted by molar-refractivity contribution is -0.185. The van der Waals surface area contributed by atoms with Gasteiger partial charge in [-0.1, -0.05) is 12.1 Å². The van der Waals surface area contributed by atoms with Gasteiger partial charge in [-0.15, -0.1) is 0 Å². The zero-order valence-electron chi connectivity index (χ0n) is 20.0. The number of ether oxygens (including phenoxy) is 3. The molecule has 0 unspecified atom stereocenters. The number of nitriles is 1. The van der Waals surface area contributed by atoms with E-state index < -0.39 is 12.1 Å². The van der Waals surface area contributed by atoms with E-state index in [-0.39, 0.29) is 17.9 Å². The number of unbranched alkanes of at least 4 members (excludes halogenated alkanes) is 2. The molecule has 4 N–H and O–H groups in total. The SMILES string of the molecule is N#CCCCCOc1ccc(C(F)(F)Oc2ccc(/C=C/C(=O)OCc3cc(N)cc(N)c3)cc2)cc1. The molecule has 0 aliphatic carbocycles. The van der Waals surface area contributed by atoms with Gasteiger partial charge in [0, 0.05) is 23.9 Å². The summed E-state index contributed by atoms with van der Waals surface area (Å²) in [6, 6.07) is 18.2. The van der Waals surface area contributed by atoms with Gasteiger partial charge in [0.25, 0.3) is 0 Å². The molecule has 0 spiro atoms. The number of rotatable bonds is 12. The van der Waals surface area contributed by atoms with Crippen molar-refractivity contribution in [2.24, 2.45) is 0 Å². The molecular weight excluding hydrogens is 480 g/mol. The summed E-state index contributed by atoms with van der Waals surface area (Å²) in [4.78, 5) is 12.0. The predicted octanol–water partition coefficient (Wildman–Crippen LogP) is 5.81. The van der Waals surface area contributed by atoms with Gasteiger partial charge in [0.15, 0.2) is 0 Å². The molecule has 37 heavy (non-hydrogen) atoms. The second-order valence-corrected chi connectivity index (χ2v) is 8.12. The number of carbonyl (C=O) groups excluding carboxylic acids is 1. The highest BCUT2D eigenvalue weighted by atomic mass is 19.3. The molecule has 0 heterocycles. The van der Waals surface area contributed by atoms with Crippen molar-refractivity contribution < 1.29 is 27.8 Å². The summed E-state index contributed by atoms with van der Waals surface area (Å²) in [6.45, 7) is 0.416. The van der Waals surface area contributed by atoms with Gasteiger partial charge in [-0.05, 0) is 84.6 Å². The first-order chi connectivity index (χ1) is 17.7. The Bertz CT molecular complexity index is 1230. The van der Waals surface area contributed by atoms with Crippen LogP contribution in [0.5, 0.6) is 11.5 Å². The standard InChI is InChI=1S/C28H27F2N3O4/c29-28(30,22-7-11-25(12-8-22)35-15-3-1-2-14-31)37-26-9-4-20(5-10-26)6-13-27(34)36-19-21-16-23(32)18-24(33)17-21/h4-13,16-18H,1-3,15,19,32-33H2/b13-6+. The van der Waals surface area contributed by atoms with Gasteiger partial charge in [0.2, 0.25) is 0 Å². The molecule has 0 aliphatic heterocycles. The predicted molar refractivity (Wildman–Crippen MR) is 136 cm³/mol. The quantitative estimate of drug-likeness (QED) is 0.137. The average molecular weight is 508 g/mol. The third-order valence-electron chi connectivity index (χ3n) is 5.10. The number of hydrogen-bond acceptors (Lipinski definition) is 7. The summed E-state index contributed by atoms with van der Waals surface area (Å²) in [5.74, 6) is -0.160. The first kappa shape index (κ1) is 27.0. The molecule has 0 atom stereocenters. The van der Waals surface area contributed by atoms with E-state index in [2.05, 4.69) is 6.07 Å². The third-order valence-corrected chi connectivity index (χ3v) is 5.10. The van der Waals surface area contributed by atoms with E-state index in [1.807, 2.05) is 0 Å². The van der Waals surface area contributed by atoms with Crippen molar-refractivity contribution in [3.8, 4) is 17.6 Å². The van der Waals surface area contributed by atoms with E-state index in [0.29, 0.717) is 47.7 Å². The molecule has 192 valence electrons. The third kappa shape index (κ3) is 8.85. The van der Waals surface area contributed by atoms with Gasteiger partial charge in [-0.25, -0.2) is 4.79 Å². The number of nitrogen functional groups attached to an aromatic ring is 2. The highest BCUT2D eigenvalue weighted by Gasteiger charge is 2.34. The van der Waals surface area contributed by atoms with Crippen LogP contribution in [0.15, 0.2) is 72.8 Å². The van der Waals surface area contributed by atoms with Crippen molar-refractivity contribution in [1.29, 1.82) is 5.26 Å². The Balaban J connectivity index is 1.50. The van der Waals surface area contributed by atoms with Gasteiger partial charge in [-0.2, -0.15) is 14.0 Å². The zero-order chi connectivity index (χ0) is 26.7. The molecule has 0 saturated carbocycles. The number of alkyl halides is 2. The number of nitrogens with zero attached hydrogens (tertiary/aromatic N) is 1. The van der Waals surface area contributed by atoms with Gasteiger partial charge in [-0.3, -0.25) is 0 Å². The van der Waals surface area contributed by atoms with Crippen LogP contribution in [0, 0.1) is 11.3 Å². The molecule has 0 aromatic heterocycles. The number of nitrogens with two attached hydrogens (primary N) is 2. The fourth-order valence-electron chi connectivity index (χ4n) is 3.29. The first-order valence-electron chi connectivity index (χ1n) is 11.5. The van der Waals surface area contributed by atoms with Crippen molar-refractivity contribution in [3.63, 3.8) is 0 Å². The number of benzene rings is 3. The molecule has 3 rings (SSSR count). The average Bonchev–Trinajstić information content (AvgIpc) is 2.86. The molecule has 7 nitrogen and oxygen atoms in total. The van der Waals surface area contributed by atoms with Gasteiger partial charge in [0.1, 0.15) is 18.1 Å². The van der Waals surface area contributed by atoms with Crippen LogP contribution in [0.3, 0.4) is 0 Å². The van der Waals surface area contributed by atoms with E-state index in [1.54, 1.807) is 18.2 Å². The summed E-state index contributed by atoms with van der Waals surface area (Å²) < 4.78 is 44.8. The van der Waals surface area contributed by atoms with Crippen molar-refractivity contribution in [2.75, 3.05) is 18.1 Å². The van der Waals surface area contributed by atoms with Crippen LogP contribution in [-0.2, 0) is 22.2 Å². The Morgan fingerprint density at radius 2 is 1.59 bits per heavy atom. The van der Waals surface area contributed by atoms with Gasteiger partial charge in [0.05, 0.1) is 18.2 Å². The number of anilines is 2. The lowest BCUT2D eigenvalue weighted by Gasteiger charge is -2.18. The Morgan fingerprint density at radius 3 is 2.24 bits per heavy atom. The fraction of sp³-hybridized carbons (Fsp3) is 0.214. The highest BCUT2D eigenvalue weighted by Crippen LogP contribution is 2.32. The smallest absolute Gasteiger partial charge is 0.426 e. The first-order valence-corrected chi connectivity index (χ1v) is 11.5. The van der Waals surface area contributed by atoms with E-state index in [9.17, 15) is 13.6 Å². The molecule has 0 saturated heterocycles. The number of hydrogen-bond donors (Lipinski definition) is 2. The van der Waals surface area contributed by atoms with Gasteiger partial charge < -0.3 is 25.7 Å². The monoisotopic (exact) mass is 507 g/mol. The minimum Gasteiger partial charge on any atom is -0.494 e. The molecular formula is C28H27F2N3O4. The fourth-order valence-corrected chi connectivity index (χ4v) is 3.29. The maximum absolute atomic E-state index is 14.6. The van der Waals surface area contributed by atoms with Crippen LogP contribution in [-0.4, -0.2) is 12.6 Å². The lowest BCUT2D eigenvalue weighted by Crippen LogP contribution is -2.21. The second-order valence-electron chi connectivity index (χ2n) is 8.12. The molecule has 0 fully saturated rings. The Morgan fingerprint density at radius 1 is 0.946 bits per heavy atom.